The third kappa shape index (κ3) is 3.59. The van der Waals surface area contributed by atoms with Crippen molar-refractivity contribution in [3.8, 4) is 0 Å². The van der Waals surface area contributed by atoms with Crippen molar-refractivity contribution < 1.29 is 13.2 Å². The summed E-state index contributed by atoms with van der Waals surface area (Å²) in [5.74, 6) is 0. The standard InChI is InChI=1S/C13H22N2O3S2/c1-4-14-8-12-9(2)7-13(19-12)20(16,17)15-11-5-6-18-10(11)3/h7,10-11,14-15H,4-6,8H2,1-3H3. The molecule has 1 aliphatic heterocycles. The van der Waals surface area contributed by atoms with Gasteiger partial charge in [-0.05, 0) is 38.4 Å². The van der Waals surface area contributed by atoms with Crippen molar-refractivity contribution in [2.75, 3.05) is 13.2 Å². The van der Waals surface area contributed by atoms with E-state index in [0.29, 0.717) is 17.4 Å². The molecule has 2 unspecified atom stereocenters. The molecule has 5 nitrogen and oxygen atoms in total. The van der Waals surface area contributed by atoms with E-state index in [-0.39, 0.29) is 12.1 Å². The van der Waals surface area contributed by atoms with Gasteiger partial charge in [-0.15, -0.1) is 11.3 Å². The average molecular weight is 318 g/mol. The maximum absolute atomic E-state index is 12.4. The zero-order valence-corrected chi connectivity index (χ0v) is 13.7. The Bertz CT molecular complexity index is 554. The molecule has 2 rings (SSSR count). The van der Waals surface area contributed by atoms with E-state index in [1.807, 2.05) is 20.8 Å². The number of thiophene rings is 1. The molecule has 0 saturated carbocycles. The lowest BCUT2D eigenvalue weighted by molar-refractivity contribution is 0.117. The lowest BCUT2D eigenvalue weighted by Crippen LogP contribution is -2.38. The molecule has 0 radical (unpaired) electrons. The second kappa shape index (κ2) is 6.53. The summed E-state index contributed by atoms with van der Waals surface area (Å²) in [5.41, 5.74) is 1.02. The number of sulfonamides is 1. The first-order valence-corrected chi connectivity index (χ1v) is 9.18. The van der Waals surface area contributed by atoms with Gasteiger partial charge in [0.1, 0.15) is 4.21 Å². The van der Waals surface area contributed by atoms with Crippen molar-refractivity contribution in [2.24, 2.45) is 0 Å². The maximum Gasteiger partial charge on any atom is 0.250 e. The summed E-state index contributed by atoms with van der Waals surface area (Å²) in [6.07, 6.45) is 0.668. The summed E-state index contributed by atoms with van der Waals surface area (Å²) in [4.78, 5) is 1.07. The number of rotatable bonds is 6. The van der Waals surface area contributed by atoms with Gasteiger partial charge in [0.25, 0.3) is 0 Å². The topological polar surface area (TPSA) is 67.4 Å². The van der Waals surface area contributed by atoms with Crippen molar-refractivity contribution in [1.82, 2.24) is 10.0 Å². The van der Waals surface area contributed by atoms with Crippen LogP contribution in [-0.4, -0.2) is 33.7 Å². The molecule has 2 heterocycles. The van der Waals surface area contributed by atoms with Gasteiger partial charge in [0.2, 0.25) is 10.0 Å². The quantitative estimate of drug-likeness (QED) is 0.836. The Hall–Kier alpha value is -0.470. The van der Waals surface area contributed by atoms with Gasteiger partial charge in [-0.2, -0.15) is 0 Å². The van der Waals surface area contributed by atoms with Gasteiger partial charge in [-0.3, -0.25) is 0 Å². The van der Waals surface area contributed by atoms with Gasteiger partial charge in [0, 0.05) is 18.0 Å². The summed E-state index contributed by atoms with van der Waals surface area (Å²) >= 11 is 1.34. The number of ether oxygens (including phenoxy) is 1. The molecule has 1 saturated heterocycles. The molecular weight excluding hydrogens is 296 g/mol. The van der Waals surface area contributed by atoms with Crippen molar-refractivity contribution in [3.63, 3.8) is 0 Å². The Kier molecular flexibility index (Phi) is 5.19. The van der Waals surface area contributed by atoms with E-state index in [9.17, 15) is 8.42 Å². The predicted molar refractivity (Wildman–Crippen MR) is 80.6 cm³/mol. The zero-order chi connectivity index (χ0) is 14.8. The number of nitrogens with one attached hydrogen (secondary N) is 2. The number of hydrogen-bond donors (Lipinski definition) is 2. The van der Waals surface area contributed by atoms with Gasteiger partial charge >= 0.3 is 0 Å². The third-order valence-electron chi connectivity index (χ3n) is 3.48. The van der Waals surface area contributed by atoms with Crippen LogP contribution in [0.3, 0.4) is 0 Å². The van der Waals surface area contributed by atoms with Crippen LogP contribution in [0.5, 0.6) is 0 Å². The molecule has 114 valence electrons. The molecule has 7 heteroatoms. The maximum atomic E-state index is 12.4. The molecule has 1 aliphatic rings. The minimum absolute atomic E-state index is 0.0629. The molecule has 2 N–H and O–H groups in total. The fourth-order valence-corrected chi connectivity index (χ4v) is 5.09. The lowest BCUT2D eigenvalue weighted by Gasteiger charge is -2.15. The minimum atomic E-state index is -3.44. The molecular formula is C13H22N2O3S2. The Morgan fingerprint density at radius 3 is 2.85 bits per heavy atom. The van der Waals surface area contributed by atoms with Crippen LogP contribution in [0.25, 0.3) is 0 Å². The van der Waals surface area contributed by atoms with Crippen molar-refractivity contribution in [2.45, 2.75) is 50.1 Å². The fourth-order valence-electron chi connectivity index (χ4n) is 2.18. The first kappa shape index (κ1) is 15.9. The van der Waals surface area contributed by atoms with Crippen LogP contribution in [-0.2, 0) is 21.3 Å². The highest BCUT2D eigenvalue weighted by Gasteiger charge is 2.30. The molecule has 2 atom stereocenters. The van der Waals surface area contributed by atoms with E-state index in [4.69, 9.17) is 4.74 Å². The Labute approximate surface area is 124 Å². The molecule has 0 spiro atoms. The van der Waals surface area contributed by atoms with Gasteiger partial charge in [-0.25, -0.2) is 13.1 Å². The molecule has 1 aromatic heterocycles. The highest BCUT2D eigenvalue weighted by Crippen LogP contribution is 2.27. The lowest BCUT2D eigenvalue weighted by atomic mass is 10.2. The van der Waals surface area contributed by atoms with Gasteiger partial charge in [0.15, 0.2) is 0 Å². The Morgan fingerprint density at radius 1 is 1.50 bits per heavy atom. The van der Waals surface area contributed by atoms with Crippen LogP contribution in [0.4, 0.5) is 0 Å². The second-order valence-electron chi connectivity index (χ2n) is 5.04. The summed E-state index contributed by atoms with van der Waals surface area (Å²) in [6, 6.07) is 1.62. The Morgan fingerprint density at radius 2 is 2.25 bits per heavy atom. The van der Waals surface area contributed by atoms with Crippen molar-refractivity contribution in [1.29, 1.82) is 0 Å². The summed E-state index contributed by atoms with van der Waals surface area (Å²) in [7, 11) is -3.44. The fraction of sp³-hybridized carbons (Fsp3) is 0.692. The summed E-state index contributed by atoms with van der Waals surface area (Å²) in [5, 5.41) is 3.23. The van der Waals surface area contributed by atoms with E-state index in [1.165, 1.54) is 11.3 Å². The van der Waals surface area contributed by atoms with Crippen LogP contribution < -0.4 is 10.0 Å². The first-order chi connectivity index (χ1) is 9.44. The largest absolute Gasteiger partial charge is 0.377 e. The summed E-state index contributed by atoms with van der Waals surface area (Å²) in [6.45, 7) is 8.08. The smallest absolute Gasteiger partial charge is 0.250 e. The summed E-state index contributed by atoms with van der Waals surface area (Å²) < 4.78 is 33.3. The number of aryl methyl sites for hydroxylation is 1. The highest BCUT2D eigenvalue weighted by molar-refractivity contribution is 7.91. The van der Waals surface area contributed by atoms with E-state index in [2.05, 4.69) is 10.0 Å². The molecule has 0 bridgehead atoms. The molecule has 0 aliphatic carbocycles. The van der Waals surface area contributed by atoms with Gasteiger partial charge in [0.05, 0.1) is 12.1 Å². The van der Waals surface area contributed by atoms with E-state index in [0.717, 1.165) is 23.4 Å². The van der Waals surface area contributed by atoms with Gasteiger partial charge < -0.3 is 10.1 Å². The van der Waals surface area contributed by atoms with Crippen molar-refractivity contribution in [3.05, 3.63) is 16.5 Å². The molecule has 0 amide bonds. The van der Waals surface area contributed by atoms with Crippen LogP contribution >= 0.6 is 11.3 Å². The normalized spacial score (nSPS) is 23.4. The van der Waals surface area contributed by atoms with Crippen LogP contribution in [0.1, 0.15) is 30.7 Å². The monoisotopic (exact) mass is 318 g/mol. The average Bonchev–Trinajstić information content (AvgIpc) is 2.94. The van der Waals surface area contributed by atoms with E-state index < -0.39 is 10.0 Å². The van der Waals surface area contributed by atoms with E-state index in [1.54, 1.807) is 6.07 Å². The number of hydrogen-bond acceptors (Lipinski definition) is 5. The van der Waals surface area contributed by atoms with Crippen molar-refractivity contribution >= 4 is 21.4 Å². The van der Waals surface area contributed by atoms with Crippen LogP contribution in [0, 0.1) is 6.92 Å². The molecule has 1 fully saturated rings. The molecule has 0 aromatic carbocycles. The van der Waals surface area contributed by atoms with Crippen LogP contribution in [0.15, 0.2) is 10.3 Å². The Balaban J connectivity index is 2.13. The van der Waals surface area contributed by atoms with Crippen LogP contribution in [0.2, 0.25) is 0 Å². The highest BCUT2D eigenvalue weighted by atomic mass is 32.2. The SMILES string of the molecule is CCNCc1sc(S(=O)(=O)NC2CCOC2C)cc1C. The minimum Gasteiger partial charge on any atom is -0.377 e. The van der Waals surface area contributed by atoms with E-state index >= 15 is 0 Å². The zero-order valence-electron chi connectivity index (χ0n) is 12.1. The predicted octanol–water partition coefficient (Wildman–Crippen LogP) is 1.62. The second-order valence-corrected chi connectivity index (χ2v) is 8.12. The van der Waals surface area contributed by atoms with Gasteiger partial charge in [-0.1, -0.05) is 6.92 Å². The first-order valence-electron chi connectivity index (χ1n) is 6.88. The molecule has 1 aromatic rings. The third-order valence-corrected chi connectivity index (χ3v) is 6.68. The molecule has 20 heavy (non-hydrogen) atoms.